The van der Waals surface area contributed by atoms with E-state index in [4.69, 9.17) is 0 Å². The predicted molar refractivity (Wildman–Crippen MR) is 90.0 cm³/mol. The highest BCUT2D eigenvalue weighted by molar-refractivity contribution is 5.94. The number of hydrogen-bond donors (Lipinski definition) is 1. The van der Waals surface area contributed by atoms with E-state index in [0.29, 0.717) is 12.5 Å². The van der Waals surface area contributed by atoms with Crippen LogP contribution < -0.4 is 0 Å². The molecule has 1 aromatic rings. The zero-order chi connectivity index (χ0) is 16.2. The van der Waals surface area contributed by atoms with Crippen LogP contribution in [-0.4, -0.2) is 34.1 Å². The number of carbonyl (C=O) groups is 1. The molecule has 1 heterocycles. The summed E-state index contributed by atoms with van der Waals surface area (Å²) in [6, 6.07) is 8.32. The molecule has 1 saturated heterocycles. The van der Waals surface area contributed by atoms with Crippen LogP contribution in [0.15, 0.2) is 24.3 Å². The fourth-order valence-corrected chi connectivity index (χ4v) is 3.21. The molecular weight excluding hydrogens is 274 g/mol. The van der Waals surface area contributed by atoms with Gasteiger partial charge in [0.05, 0.1) is 5.60 Å². The molecule has 0 saturated carbocycles. The van der Waals surface area contributed by atoms with E-state index in [9.17, 15) is 9.90 Å². The van der Waals surface area contributed by atoms with E-state index >= 15 is 0 Å². The van der Waals surface area contributed by atoms with E-state index in [2.05, 4.69) is 11.8 Å². The van der Waals surface area contributed by atoms with E-state index in [1.165, 1.54) is 0 Å². The molecule has 0 radical (unpaired) electrons. The average Bonchev–Trinajstić information content (AvgIpc) is 2.93. The Morgan fingerprint density at radius 3 is 2.86 bits per heavy atom. The summed E-state index contributed by atoms with van der Waals surface area (Å²) in [6.45, 7) is 6.71. The molecule has 1 amide bonds. The van der Waals surface area contributed by atoms with E-state index < -0.39 is 5.60 Å². The van der Waals surface area contributed by atoms with Crippen LogP contribution in [0.5, 0.6) is 0 Å². The van der Waals surface area contributed by atoms with Crippen LogP contribution in [0.3, 0.4) is 0 Å². The van der Waals surface area contributed by atoms with Crippen molar-refractivity contribution in [2.45, 2.75) is 70.9 Å². The Morgan fingerprint density at radius 1 is 1.41 bits per heavy atom. The van der Waals surface area contributed by atoms with Gasteiger partial charge in [-0.25, -0.2) is 0 Å². The van der Waals surface area contributed by atoms with Gasteiger partial charge in [0.15, 0.2) is 0 Å². The quantitative estimate of drug-likeness (QED) is 0.868. The second-order valence-electron chi connectivity index (χ2n) is 7.10. The molecule has 0 unspecified atom stereocenters. The first-order chi connectivity index (χ1) is 10.4. The number of hydrogen-bond acceptors (Lipinski definition) is 2. The van der Waals surface area contributed by atoms with Gasteiger partial charge in [0, 0.05) is 18.2 Å². The average molecular weight is 303 g/mol. The van der Waals surface area contributed by atoms with Gasteiger partial charge in [0.25, 0.3) is 5.91 Å². The smallest absolute Gasteiger partial charge is 0.254 e. The van der Waals surface area contributed by atoms with Gasteiger partial charge in [-0.3, -0.25) is 4.79 Å². The largest absolute Gasteiger partial charge is 0.390 e. The number of nitrogens with zero attached hydrogens (tertiary/aromatic N) is 1. The first-order valence-electron chi connectivity index (χ1n) is 8.53. The third kappa shape index (κ3) is 4.57. The zero-order valence-electron chi connectivity index (χ0n) is 14.1. The summed E-state index contributed by atoms with van der Waals surface area (Å²) in [4.78, 5) is 14.8. The molecule has 0 bridgehead atoms. The fraction of sp³-hybridized carbons (Fsp3) is 0.632. The third-order valence-corrected chi connectivity index (χ3v) is 4.46. The highest BCUT2D eigenvalue weighted by Gasteiger charge is 2.28. The van der Waals surface area contributed by atoms with Crippen molar-refractivity contribution in [2.75, 3.05) is 6.54 Å². The number of aliphatic hydroxyl groups is 1. The molecule has 3 heteroatoms. The highest BCUT2D eigenvalue weighted by Crippen LogP contribution is 2.24. The van der Waals surface area contributed by atoms with Gasteiger partial charge in [-0.1, -0.05) is 25.5 Å². The monoisotopic (exact) mass is 303 g/mol. The van der Waals surface area contributed by atoms with Crippen molar-refractivity contribution in [3.63, 3.8) is 0 Å². The first-order valence-corrected chi connectivity index (χ1v) is 8.53. The lowest BCUT2D eigenvalue weighted by atomic mass is 9.97. The summed E-state index contributed by atoms with van der Waals surface area (Å²) < 4.78 is 0. The van der Waals surface area contributed by atoms with Gasteiger partial charge >= 0.3 is 0 Å². The van der Waals surface area contributed by atoms with Crippen LogP contribution in [0.1, 0.15) is 68.8 Å². The third-order valence-electron chi connectivity index (χ3n) is 4.46. The molecule has 22 heavy (non-hydrogen) atoms. The maximum absolute atomic E-state index is 12.8. The molecule has 3 nitrogen and oxygen atoms in total. The predicted octanol–water partition coefficient (Wildman–Crippen LogP) is 3.79. The van der Waals surface area contributed by atoms with Crippen molar-refractivity contribution in [3.8, 4) is 0 Å². The molecule has 0 aliphatic carbocycles. The second-order valence-corrected chi connectivity index (χ2v) is 7.10. The molecule has 1 aliphatic rings. The summed E-state index contributed by atoms with van der Waals surface area (Å²) in [7, 11) is 0. The summed E-state index contributed by atoms with van der Waals surface area (Å²) in [6.07, 6.45) is 5.98. The van der Waals surface area contributed by atoms with Crippen molar-refractivity contribution < 1.29 is 9.90 Å². The first kappa shape index (κ1) is 17.0. The molecule has 1 aromatic carbocycles. The molecule has 1 N–H and O–H groups in total. The number of likely N-dealkylation sites (tertiary alicyclic amines) is 1. The van der Waals surface area contributed by atoms with Gasteiger partial charge in [0.1, 0.15) is 0 Å². The Labute approximate surface area is 134 Å². The summed E-state index contributed by atoms with van der Waals surface area (Å²) in [5.74, 6) is 0.168. The molecule has 1 fully saturated rings. The number of rotatable bonds is 6. The lowest BCUT2D eigenvalue weighted by Crippen LogP contribution is -2.35. The van der Waals surface area contributed by atoms with Gasteiger partial charge in [-0.05, 0) is 63.6 Å². The number of carbonyl (C=O) groups excluding carboxylic acids is 1. The molecule has 0 spiro atoms. The Morgan fingerprint density at radius 2 is 2.18 bits per heavy atom. The second kappa shape index (κ2) is 7.28. The Kier molecular flexibility index (Phi) is 5.63. The van der Waals surface area contributed by atoms with Crippen molar-refractivity contribution in [1.82, 2.24) is 4.90 Å². The maximum atomic E-state index is 12.8. The molecule has 1 atom stereocenters. The van der Waals surface area contributed by atoms with Gasteiger partial charge in [0.2, 0.25) is 0 Å². The molecule has 122 valence electrons. The molecule has 0 aromatic heterocycles. The van der Waals surface area contributed by atoms with E-state index in [-0.39, 0.29) is 5.91 Å². The SMILES string of the molecule is CCC[C@@H]1CCCN1C(=O)c1cccc(CCC(C)(C)O)c1. The zero-order valence-corrected chi connectivity index (χ0v) is 14.1. The normalized spacial score (nSPS) is 18.7. The van der Waals surface area contributed by atoms with Crippen LogP contribution >= 0.6 is 0 Å². The molecule has 1 aliphatic heterocycles. The van der Waals surface area contributed by atoms with Crippen LogP contribution in [0.25, 0.3) is 0 Å². The summed E-state index contributed by atoms with van der Waals surface area (Å²) >= 11 is 0. The van der Waals surface area contributed by atoms with E-state index in [1.807, 2.05) is 38.1 Å². The summed E-state index contributed by atoms with van der Waals surface area (Å²) in [5.41, 5.74) is 1.25. The van der Waals surface area contributed by atoms with Crippen molar-refractivity contribution >= 4 is 5.91 Å². The minimum Gasteiger partial charge on any atom is -0.390 e. The van der Waals surface area contributed by atoms with Gasteiger partial charge < -0.3 is 10.0 Å². The lowest BCUT2D eigenvalue weighted by Gasteiger charge is -2.24. The van der Waals surface area contributed by atoms with Crippen molar-refractivity contribution in [1.29, 1.82) is 0 Å². The van der Waals surface area contributed by atoms with Crippen molar-refractivity contribution in [3.05, 3.63) is 35.4 Å². The topological polar surface area (TPSA) is 40.5 Å². The van der Waals surface area contributed by atoms with E-state index in [0.717, 1.165) is 49.8 Å². The van der Waals surface area contributed by atoms with Crippen LogP contribution in [-0.2, 0) is 6.42 Å². The maximum Gasteiger partial charge on any atom is 0.254 e. The van der Waals surface area contributed by atoms with E-state index in [1.54, 1.807) is 0 Å². The van der Waals surface area contributed by atoms with Crippen LogP contribution in [0.4, 0.5) is 0 Å². The Hall–Kier alpha value is -1.35. The molecular formula is C19H29NO2. The Balaban J connectivity index is 2.06. The van der Waals surface area contributed by atoms with Gasteiger partial charge in [-0.15, -0.1) is 0 Å². The Bertz CT molecular complexity index is 504. The van der Waals surface area contributed by atoms with Crippen LogP contribution in [0, 0.1) is 0 Å². The van der Waals surface area contributed by atoms with Gasteiger partial charge in [-0.2, -0.15) is 0 Å². The summed E-state index contributed by atoms with van der Waals surface area (Å²) in [5, 5.41) is 9.85. The number of benzene rings is 1. The van der Waals surface area contributed by atoms with Crippen LogP contribution in [0.2, 0.25) is 0 Å². The number of aryl methyl sites for hydroxylation is 1. The highest BCUT2D eigenvalue weighted by atomic mass is 16.3. The van der Waals surface area contributed by atoms with Crippen molar-refractivity contribution in [2.24, 2.45) is 0 Å². The standard InChI is InChI=1S/C19H29NO2/c1-4-7-17-10-6-13-20(17)18(21)16-9-5-8-15(14-16)11-12-19(2,3)22/h5,8-9,14,17,22H,4,6-7,10-13H2,1-3H3/t17-/m1/s1. The minimum atomic E-state index is -0.665. The minimum absolute atomic E-state index is 0.168. The number of amides is 1. The molecule has 2 rings (SSSR count). The fourth-order valence-electron chi connectivity index (χ4n) is 3.21. The lowest BCUT2D eigenvalue weighted by molar-refractivity contribution is 0.0714.